The smallest absolute Gasteiger partial charge is 0.319 e. The summed E-state index contributed by atoms with van der Waals surface area (Å²) in [5.74, 6) is -0.249. The van der Waals surface area contributed by atoms with Crippen molar-refractivity contribution >= 4 is 17.6 Å². The number of nitrogens with one attached hydrogen (secondary N) is 1. The molecule has 0 radical (unpaired) electrons. The molecule has 1 unspecified atom stereocenters. The minimum absolute atomic E-state index is 0.0260. The van der Waals surface area contributed by atoms with Crippen molar-refractivity contribution in [3.63, 3.8) is 0 Å². The van der Waals surface area contributed by atoms with Crippen LogP contribution in [0, 0.1) is 0 Å². The van der Waals surface area contributed by atoms with E-state index in [0.717, 1.165) is 5.56 Å². The van der Waals surface area contributed by atoms with E-state index in [9.17, 15) is 4.79 Å². The van der Waals surface area contributed by atoms with Crippen LogP contribution in [0.4, 0.5) is 0 Å². The molecule has 0 spiro atoms. The summed E-state index contributed by atoms with van der Waals surface area (Å²) < 4.78 is 4.82. The molecular weight excluding hydrogens is 226 g/mol. The molecule has 0 aliphatic heterocycles. The van der Waals surface area contributed by atoms with Crippen molar-refractivity contribution in [2.24, 2.45) is 0 Å². The lowest BCUT2D eigenvalue weighted by Gasteiger charge is -2.14. The second-order valence-corrected chi connectivity index (χ2v) is 3.84. The Morgan fingerprint density at radius 1 is 1.50 bits per heavy atom. The van der Waals surface area contributed by atoms with Crippen molar-refractivity contribution in [2.75, 3.05) is 13.2 Å². The maximum absolute atomic E-state index is 11.1. The van der Waals surface area contributed by atoms with Gasteiger partial charge in [-0.05, 0) is 25.5 Å². The van der Waals surface area contributed by atoms with E-state index in [2.05, 4.69) is 5.32 Å². The molecule has 1 rings (SSSR count). The third-order valence-corrected chi connectivity index (χ3v) is 2.57. The van der Waals surface area contributed by atoms with Crippen LogP contribution in [0.5, 0.6) is 0 Å². The van der Waals surface area contributed by atoms with Gasteiger partial charge in [-0.15, -0.1) is 0 Å². The largest absolute Gasteiger partial charge is 0.465 e. The molecule has 0 aliphatic carbocycles. The monoisotopic (exact) mass is 241 g/mol. The van der Waals surface area contributed by atoms with E-state index in [1.54, 1.807) is 6.92 Å². The van der Waals surface area contributed by atoms with Crippen LogP contribution in [0.3, 0.4) is 0 Å². The summed E-state index contributed by atoms with van der Waals surface area (Å²) in [5, 5.41) is 3.77. The van der Waals surface area contributed by atoms with Gasteiger partial charge in [-0.1, -0.05) is 29.8 Å². The van der Waals surface area contributed by atoms with E-state index < -0.39 is 0 Å². The van der Waals surface area contributed by atoms with Crippen LogP contribution in [-0.2, 0) is 9.53 Å². The number of carbonyl (C=O) groups is 1. The fourth-order valence-electron chi connectivity index (χ4n) is 1.38. The Hall–Kier alpha value is -1.06. The first-order chi connectivity index (χ1) is 7.65. The molecule has 88 valence electrons. The molecule has 1 aromatic rings. The van der Waals surface area contributed by atoms with E-state index in [0.29, 0.717) is 11.6 Å². The van der Waals surface area contributed by atoms with Gasteiger partial charge in [0, 0.05) is 11.1 Å². The molecule has 1 aromatic carbocycles. The summed E-state index contributed by atoms with van der Waals surface area (Å²) in [5.41, 5.74) is 0.980. The number of rotatable bonds is 5. The van der Waals surface area contributed by atoms with Gasteiger partial charge in [0.05, 0.1) is 13.2 Å². The number of ether oxygens (including phenoxy) is 1. The van der Waals surface area contributed by atoms with E-state index in [1.165, 1.54) is 0 Å². The zero-order chi connectivity index (χ0) is 12.0. The Kier molecular flexibility index (Phi) is 5.29. The highest BCUT2D eigenvalue weighted by molar-refractivity contribution is 6.31. The van der Waals surface area contributed by atoms with Crippen molar-refractivity contribution in [3.05, 3.63) is 34.9 Å². The van der Waals surface area contributed by atoms with Gasteiger partial charge in [-0.25, -0.2) is 0 Å². The molecular formula is C12H16ClNO2. The number of hydrogen-bond acceptors (Lipinski definition) is 3. The molecule has 0 heterocycles. The maximum atomic E-state index is 11.1. The predicted molar refractivity (Wildman–Crippen MR) is 64.5 cm³/mol. The Morgan fingerprint density at radius 3 is 2.81 bits per heavy atom. The van der Waals surface area contributed by atoms with Crippen LogP contribution >= 0.6 is 11.6 Å². The molecule has 0 bridgehead atoms. The van der Waals surface area contributed by atoms with Gasteiger partial charge in [0.1, 0.15) is 0 Å². The van der Waals surface area contributed by atoms with Crippen LogP contribution < -0.4 is 5.32 Å². The SMILES string of the molecule is CCOC(=O)CNC(C)c1ccccc1Cl. The second-order valence-electron chi connectivity index (χ2n) is 3.43. The van der Waals surface area contributed by atoms with E-state index >= 15 is 0 Å². The van der Waals surface area contributed by atoms with E-state index in [-0.39, 0.29) is 18.6 Å². The molecule has 1 N–H and O–H groups in total. The van der Waals surface area contributed by atoms with Gasteiger partial charge in [0.15, 0.2) is 0 Å². The van der Waals surface area contributed by atoms with Crippen molar-refractivity contribution < 1.29 is 9.53 Å². The molecule has 4 heteroatoms. The van der Waals surface area contributed by atoms with Gasteiger partial charge < -0.3 is 10.1 Å². The Morgan fingerprint density at radius 2 is 2.19 bits per heavy atom. The van der Waals surface area contributed by atoms with Gasteiger partial charge in [-0.3, -0.25) is 4.79 Å². The van der Waals surface area contributed by atoms with Crippen molar-refractivity contribution in [1.29, 1.82) is 0 Å². The third kappa shape index (κ3) is 3.83. The zero-order valence-corrected chi connectivity index (χ0v) is 10.3. The number of benzene rings is 1. The third-order valence-electron chi connectivity index (χ3n) is 2.23. The molecule has 0 aromatic heterocycles. The molecule has 0 aliphatic rings. The molecule has 0 amide bonds. The van der Waals surface area contributed by atoms with E-state index in [4.69, 9.17) is 16.3 Å². The average Bonchev–Trinajstić information content (AvgIpc) is 2.27. The Bertz CT molecular complexity index is 355. The fraction of sp³-hybridized carbons (Fsp3) is 0.417. The quantitative estimate of drug-likeness (QED) is 0.806. The lowest BCUT2D eigenvalue weighted by molar-refractivity contribution is -0.142. The summed E-state index contributed by atoms with van der Waals surface area (Å²) in [4.78, 5) is 11.1. The molecule has 1 atom stereocenters. The Balaban J connectivity index is 2.50. The van der Waals surface area contributed by atoms with Crippen LogP contribution in [0.25, 0.3) is 0 Å². The zero-order valence-electron chi connectivity index (χ0n) is 9.50. The summed E-state index contributed by atoms with van der Waals surface area (Å²) in [6.07, 6.45) is 0. The van der Waals surface area contributed by atoms with Crippen LogP contribution in [0.1, 0.15) is 25.5 Å². The van der Waals surface area contributed by atoms with Gasteiger partial charge >= 0.3 is 5.97 Å². The predicted octanol–water partition coefficient (Wildman–Crippen LogP) is 2.55. The van der Waals surface area contributed by atoms with Gasteiger partial charge in [0.2, 0.25) is 0 Å². The minimum Gasteiger partial charge on any atom is -0.465 e. The van der Waals surface area contributed by atoms with Crippen LogP contribution in [0.2, 0.25) is 5.02 Å². The first-order valence-corrected chi connectivity index (χ1v) is 5.66. The number of esters is 1. The molecule has 0 fully saturated rings. The summed E-state index contributed by atoms with van der Waals surface area (Å²) in [6, 6.07) is 7.59. The number of halogens is 1. The molecule has 16 heavy (non-hydrogen) atoms. The average molecular weight is 242 g/mol. The molecule has 3 nitrogen and oxygen atoms in total. The fourth-order valence-corrected chi connectivity index (χ4v) is 1.68. The maximum Gasteiger partial charge on any atom is 0.319 e. The lowest BCUT2D eigenvalue weighted by atomic mass is 10.1. The highest BCUT2D eigenvalue weighted by atomic mass is 35.5. The second kappa shape index (κ2) is 6.51. The first-order valence-electron chi connectivity index (χ1n) is 5.28. The number of carbonyl (C=O) groups excluding carboxylic acids is 1. The van der Waals surface area contributed by atoms with Crippen LogP contribution in [0.15, 0.2) is 24.3 Å². The summed E-state index contributed by atoms with van der Waals surface area (Å²) in [6.45, 7) is 4.34. The first kappa shape index (κ1) is 13.0. The normalized spacial score (nSPS) is 12.2. The molecule has 0 saturated carbocycles. The minimum atomic E-state index is -0.249. The summed E-state index contributed by atoms with van der Waals surface area (Å²) in [7, 11) is 0. The van der Waals surface area contributed by atoms with Gasteiger partial charge in [0.25, 0.3) is 0 Å². The highest BCUT2D eigenvalue weighted by Crippen LogP contribution is 2.21. The van der Waals surface area contributed by atoms with Crippen molar-refractivity contribution in [1.82, 2.24) is 5.32 Å². The highest BCUT2D eigenvalue weighted by Gasteiger charge is 2.10. The van der Waals surface area contributed by atoms with E-state index in [1.807, 2.05) is 31.2 Å². The molecule has 0 saturated heterocycles. The topological polar surface area (TPSA) is 38.3 Å². The summed E-state index contributed by atoms with van der Waals surface area (Å²) >= 11 is 6.04. The van der Waals surface area contributed by atoms with Crippen molar-refractivity contribution in [2.45, 2.75) is 19.9 Å². The standard InChI is InChI=1S/C12H16ClNO2/c1-3-16-12(15)8-14-9(2)10-6-4-5-7-11(10)13/h4-7,9,14H,3,8H2,1-2H3. The Labute approximate surface area is 101 Å². The van der Waals surface area contributed by atoms with Crippen molar-refractivity contribution in [3.8, 4) is 0 Å². The number of hydrogen-bond donors (Lipinski definition) is 1. The lowest BCUT2D eigenvalue weighted by Crippen LogP contribution is -2.27. The van der Waals surface area contributed by atoms with Crippen LogP contribution in [-0.4, -0.2) is 19.1 Å². The van der Waals surface area contributed by atoms with Gasteiger partial charge in [-0.2, -0.15) is 0 Å².